The number of hydrogen-bond donors (Lipinski definition) is 1. The highest BCUT2D eigenvalue weighted by Gasteiger charge is 2.02. The molecule has 1 amide bonds. The standard InChI is InChI=1S/C22H19ClN2O3/c23-21-9-5-4-6-18(21)15-27-20-12-10-17(11-13-20)14-24-25-22(26)16-28-19-7-2-1-3-8-19/h1-14H,15-16H2,(H,25,26)/b24-14+. The van der Waals surface area contributed by atoms with E-state index in [9.17, 15) is 4.79 Å². The fourth-order valence-electron chi connectivity index (χ4n) is 2.30. The van der Waals surface area contributed by atoms with Gasteiger partial charge in [-0.25, -0.2) is 5.43 Å². The van der Waals surface area contributed by atoms with Gasteiger partial charge in [-0.2, -0.15) is 5.10 Å². The molecule has 0 spiro atoms. The molecule has 3 aromatic carbocycles. The Morgan fingerprint density at radius 2 is 1.57 bits per heavy atom. The SMILES string of the molecule is O=C(COc1ccccc1)N/N=C/c1ccc(OCc2ccccc2Cl)cc1. The molecule has 3 rings (SSSR count). The van der Waals surface area contributed by atoms with Crippen molar-refractivity contribution in [2.75, 3.05) is 6.61 Å². The van der Waals surface area contributed by atoms with E-state index in [0.29, 0.717) is 17.4 Å². The molecule has 0 unspecified atom stereocenters. The van der Waals surface area contributed by atoms with Crippen LogP contribution in [-0.4, -0.2) is 18.7 Å². The normalized spacial score (nSPS) is 10.6. The molecule has 3 aromatic rings. The Hall–Kier alpha value is -3.31. The number of hydrazone groups is 1. The van der Waals surface area contributed by atoms with Gasteiger partial charge in [0.2, 0.25) is 0 Å². The summed E-state index contributed by atoms with van der Waals surface area (Å²) >= 11 is 6.11. The van der Waals surface area contributed by atoms with Crippen LogP contribution in [0, 0.1) is 0 Å². The minimum atomic E-state index is -0.334. The Morgan fingerprint density at radius 3 is 2.32 bits per heavy atom. The summed E-state index contributed by atoms with van der Waals surface area (Å²) in [4.78, 5) is 11.7. The molecule has 5 nitrogen and oxygen atoms in total. The van der Waals surface area contributed by atoms with Crippen molar-refractivity contribution in [3.63, 3.8) is 0 Å². The number of nitrogens with one attached hydrogen (secondary N) is 1. The molecule has 0 bridgehead atoms. The van der Waals surface area contributed by atoms with E-state index in [2.05, 4.69) is 10.5 Å². The lowest BCUT2D eigenvalue weighted by molar-refractivity contribution is -0.123. The Morgan fingerprint density at radius 1 is 0.893 bits per heavy atom. The minimum Gasteiger partial charge on any atom is -0.489 e. The summed E-state index contributed by atoms with van der Waals surface area (Å²) in [7, 11) is 0. The van der Waals surface area contributed by atoms with Crippen LogP contribution in [0.1, 0.15) is 11.1 Å². The summed E-state index contributed by atoms with van der Waals surface area (Å²) in [5.41, 5.74) is 4.18. The summed E-state index contributed by atoms with van der Waals surface area (Å²) in [6.45, 7) is 0.292. The zero-order valence-corrected chi connectivity index (χ0v) is 15.8. The van der Waals surface area contributed by atoms with Gasteiger partial charge < -0.3 is 9.47 Å². The number of benzene rings is 3. The zero-order valence-electron chi connectivity index (χ0n) is 15.0. The molecular formula is C22H19ClN2O3. The van der Waals surface area contributed by atoms with Crippen molar-refractivity contribution < 1.29 is 14.3 Å². The largest absolute Gasteiger partial charge is 0.489 e. The van der Waals surface area contributed by atoms with Gasteiger partial charge in [0.05, 0.1) is 6.21 Å². The third-order valence-corrected chi connectivity index (χ3v) is 4.12. The fourth-order valence-corrected chi connectivity index (χ4v) is 2.49. The van der Waals surface area contributed by atoms with Gasteiger partial charge in [0.1, 0.15) is 18.1 Å². The maximum Gasteiger partial charge on any atom is 0.277 e. The maximum atomic E-state index is 11.7. The van der Waals surface area contributed by atoms with Crippen molar-refractivity contribution in [1.82, 2.24) is 5.43 Å². The predicted octanol–water partition coefficient (Wildman–Crippen LogP) is 4.45. The van der Waals surface area contributed by atoms with Crippen molar-refractivity contribution in [3.05, 3.63) is 95.0 Å². The average molecular weight is 395 g/mol. The van der Waals surface area contributed by atoms with E-state index < -0.39 is 0 Å². The van der Waals surface area contributed by atoms with Gasteiger partial charge >= 0.3 is 0 Å². The summed E-state index contributed by atoms with van der Waals surface area (Å²) in [6.07, 6.45) is 1.55. The van der Waals surface area contributed by atoms with Crippen LogP contribution in [0.2, 0.25) is 5.02 Å². The van der Waals surface area contributed by atoms with Crippen LogP contribution in [0.3, 0.4) is 0 Å². The highest BCUT2D eigenvalue weighted by atomic mass is 35.5. The smallest absolute Gasteiger partial charge is 0.277 e. The molecule has 0 saturated carbocycles. The number of ether oxygens (including phenoxy) is 2. The molecule has 0 aliphatic heterocycles. The van der Waals surface area contributed by atoms with Gasteiger partial charge in [0.25, 0.3) is 5.91 Å². The van der Waals surface area contributed by atoms with Gasteiger partial charge in [-0.1, -0.05) is 48.0 Å². The van der Waals surface area contributed by atoms with Crippen LogP contribution in [0.25, 0.3) is 0 Å². The van der Waals surface area contributed by atoms with Crippen LogP contribution in [0.15, 0.2) is 84.0 Å². The molecular weight excluding hydrogens is 376 g/mol. The number of carbonyl (C=O) groups is 1. The first-order valence-electron chi connectivity index (χ1n) is 8.67. The second-order valence-corrected chi connectivity index (χ2v) is 6.25. The molecule has 1 N–H and O–H groups in total. The Kier molecular flexibility index (Phi) is 7.04. The molecule has 0 heterocycles. The van der Waals surface area contributed by atoms with E-state index >= 15 is 0 Å². The third kappa shape index (κ3) is 6.14. The first kappa shape index (κ1) is 19.5. The third-order valence-electron chi connectivity index (χ3n) is 3.75. The highest BCUT2D eigenvalue weighted by Crippen LogP contribution is 2.18. The Balaban J connectivity index is 1.43. The minimum absolute atomic E-state index is 0.101. The van der Waals surface area contributed by atoms with Gasteiger partial charge in [0, 0.05) is 10.6 Å². The zero-order chi connectivity index (χ0) is 19.6. The quantitative estimate of drug-likeness (QED) is 0.453. The first-order chi connectivity index (χ1) is 13.7. The highest BCUT2D eigenvalue weighted by molar-refractivity contribution is 6.31. The number of halogens is 1. The topological polar surface area (TPSA) is 59.9 Å². The summed E-state index contributed by atoms with van der Waals surface area (Å²) in [5.74, 6) is 1.02. The van der Waals surface area contributed by atoms with Crippen molar-refractivity contribution in [2.45, 2.75) is 6.61 Å². The second-order valence-electron chi connectivity index (χ2n) is 5.84. The van der Waals surface area contributed by atoms with E-state index in [4.69, 9.17) is 21.1 Å². The lowest BCUT2D eigenvalue weighted by Crippen LogP contribution is -2.24. The lowest BCUT2D eigenvalue weighted by Gasteiger charge is -2.07. The summed E-state index contributed by atoms with van der Waals surface area (Å²) < 4.78 is 11.1. The molecule has 6 heteroatoms. The van der Waals surface area contributed by atoms with Gasteiger partial charge in [-0.05, 0) is 48.0 Å². The molecule has 0 saturated heterocycles. The van der Waals surface area contributed by atoms with Crippen molar-refractivity contribution >= 4 is 23.7 Å². The Bertz CT molecular complexity index is 928. The van der Waals surface area contributed by atoms with E-state index in [1.165, 1.54) is 0 Å². The van der Waals surface area contributed by atoms with Crippen LogP contribution in [0.5, 0.6) is 11.5 Å². The number of hydrogen-bond acceptors (Lipinski definition) is 4. The number of rotatable bonds is 8. The molecule has 0 fully saturated rings. The van der Waals surface area contributed by atoms with Crippen LogP contribution in [0.4, 0.5) is 0 Å². The van der Waals surface area contributed by atoms with Crippen molar-refractivity contribution in [2.24, 2.45) is 5.10 Å². The number of nitrogens with zero attached hydrogens (tertiary/aromatic N) is 1. The summed E-state index contributed by atoms with van der Waals surface area (Å²) in [5, 5.41) is 4.60. The van der Waals surface area contributed by atoms with E-state index in [-0.39, 0.29) is 12.5 Å². The first-order valence-corrected chi connectivity index (χ1v) is 9.04. The molecule has 0 radical (unpaired) electrons. The number of para-hydroxylation sites is 1. The molecule has 0 aliphatic rings. The predicted molar refractivity (Wildman–Crippen MR) is 110 cm³/mol. The monoisotopic (exact) mass is 394 g/mol. The molecule has 142 valence electrons. The lowest BCUT2D eigenvalue weighted by atomic mass is 10.2. The van der Waals surface area contributed by atoms with Crippen LogP contribution in [-0.2, 0) is 11.4 Å². The second kappa shape index (κ2) is 10.1. The number of carbonyl (C=O) groups excluding carboxylic acids is 1. The van der Waals surface area contributed by atoms with Crippen LogP contribution >= 0.6 is 11.6 Å². The molecule has 0 atom stereocenters. The van der Waals surface area contributed by atoms with E-state index in [0.717, 1.165) is 16.9 Å². The van der Waals surface area contributed by atoms with Gasteiger partial charge in [-0.3, -0.25) is 4.79 Å². The maximum absolute atomic E-state index is 11.7. The fraction of sp³-hybridized carbons (Fsp3) is 0.0909. The molecule has 0 aliphatic carbocycles. The van der Waals surface area contributed by atoms with E-state index in [1.807, 2.05) is 66.7 Å². The molecule has 28 heavy (non-hydrogen) atoms. The summed E-state index contributed by atoms with van der Waals surface area (Å²) in [6, 6.07) is 24.0. The van der Waals surface area contributed by atoms with Crippen LogP contribution < -0.4 is 14.9 Å². The van der Waals surface area contributed by atoms with E-state index in [1.54, 1.807) is 18.3 Å². The average Bonchev–Trinajstić information content (AvgIpc) is 2.73. The van der Waals surface area contributed by atoms with Gasteiger partial charge in [0.15, 0.2) is 6.61 Å². The molecule has 0 aromatic heterocycles. The van der Waals surface area contributed by atoms with Crippen molar-refractivity contribution in [1.29, 1.82) is 0 Å². The van der Waals surface area contributed by atoms with Gasteiger partial charge in [-0.15, -0.1) is 0 Å². The van der Waals surface area contributed by atoms with Crippen molar-refractivity contribution in [3.8, 4) is 11.5 Å². The number of amides is 1. The Labute approximate surface area is 168 Å².